The predicted molar refractivity (Wildman–Crippen MR) is 110 cm³/mol. The Balaban J connectivity index is 1.91. The second-order valence-electron chi connectivity index (χ2n) is 7.78. The number of rotatable bonds is 6. The van der Waals surface area contributed by atoms with Crippen molar-refractivity contribution in [2.75, 3.05) is 44.7 Å². The molecule has 10 nitrogen and oxygen atoms in total. The molecule has 0 bridgehead atoms. The fourth-order valence-electron chi connectivity index (χ4n) is 3.76. The molecule has 3 rings (SSSR count). The number of benzene rings is 1. The van der Waals surface area contributed by atoms with Crippen LogP contribution < -0.4 is 15.4 Å². The Bertz CT molecular complexity index is 1010. The minimum absolute atomic E-state index is 0.138. The molecule has 0 radical (unpaired) electrons. The van der Waals surface area contributed by atoms with Crippen LogP contribution >= 0.6 is 0 Å². The van der Waals surface area contributed by atoms with Gasteiger partial charge in [0.25, 0.3) is 5.91 Å². The van der Waals surface area contributed by atoms with Gasteiger partial charge in [0.1, 0.15) is 5.82 Å². The highest BCUT2D eigenvalue weighted by Gasteiger charge is 2.36. The number of primary amides is 1. The number of nitrogens with zero attached hydrogens (tertiary/aromatic N) is 3. The molecule has 1 aromatic carbocycles. The lowest BCUT2D eigenvalue weighted by atomic mass is 10.2. The highest BCUT2D eigenvalue weighted by atomic mass is 32.2. The molecule has 12 heteroatoms. The van der Waals surface area contributed by atoms with Gasteiger partial charge in [-0.15, -0.1) is 0 Å². The van der Waals surface area contributed by atoms with Crippen molar-refractivity contribution in [3.05, 3.63) is 23.5 Å². The summed E-state index contributed by atoms with van der Waals surface area (Å²) in [5, 5.41) is 0. The van der Waals surface area contributed by atoms with E-state index < -0.39 is 38.6 Å². The Morgan fingerprint density at radius 3 is 2.35 bits per heavy atom. The number of piperazine rings is 1. The first kappa shape index (κ1) is 23.1. The molecule has 3 amide bonds. The lowest BCUT2D eigenvalue weighted by molar-refractivity contribution is -0.138. The summed E-state index contributed by atoms with van der Waals surface area (Å²) in [5.74, 6) is -3.00. The summed E-state index contributed by atoms with van der Waals surface area (Å²) in [7, 11) is -2.63. The van der Waals surface area contributed by atoms with E-state index in [4.69, 9.17) is 5.73 Å². The molecule has 0 spiro atoms. The van der Waals surface area contributed by atoms with E-state index in [2.05, 4.69) is 0 Å². The minimum atomic E-state index is -4.51. The molecule has 0 aliphatic carbocycles. The van der Waals surface area contributed by atoms with Crippen molar-refractivity contribution in [2.45, 2.75) is 30.7 Å². The summed E-state index contributed by atoms with van der Waals surface area (Å²) in [4.78, 5) is 41.0. The number of sulfonamides is 1. The second-order valence-corrected chi connectivity index (χ2v) is 9.46. The maximum absolute atomic E-state index is 14.3. The molecule has 0 saturated carbocycles. The van der Waals surface area contributed by atoms with Crippen molar-refractivity contribution in [3.63, 3.8) is 0 Å². The number of carbonyl (C=O) groups is 3. The Labute approximate surface area is 180 Å². The number of halogens is 1. The average Bonchev–Trinajstić information content (AvgIpc) is 3.13. The second kappa shape index (κ2) is 8.89. The molecule has 0 unspecified atom stereocenters. The SMILES string of the molecule is Cc1c(N2CCCC2=O)cc(F)cc1S(=O)(=O)N[C@@H](C(N)=O)C(=O)N1CCN(C)CC1. The van der Waals surface area contributed by atoms with Crippen molar-refractivity contribution in [3.8, 4) is 0 Å². The van der Waals surface area contributed by atoms with Crippen LogP contribution in [0.25, 0.3) is 0 Å². The summed E-state index contributed by atoms with van der Waals surface area (Å²) < 4.78 is 42.4. The summed E-state index contributed by atoms with van der Waals surface area (Å²) in [6.07, 6.45) is 0.873. The number of likely N-dealkylation sites (N-methyl/N-ethyl adjacent to an activating group) is 1. The summed E-state index contributed by atoms with van der Waals surface area (Å²) in [5.41, 5.74) is 5.60. The van der Waals surface area contributed by atoms with Gasteiger partial charge in [0.05, 0.1) is 10.6 Å². The Morgan fingerprint density at radius 2 is 1.81 bits per heavy atom. The Morgan fingerprint density at radius 1 is 1.16 bits per heavy atom. The van der Waals surface area contributed by atoms with Crippen LogP contribution in [0.5, 0.6) is 0 Å². The van der Waals surface area contributed by atoms with Gasteiger partial charge >= 0.3 is 0 Å². The third kappa shape index (κ3) is 4.86. The monoisotopic (exact) mass is 455 g/mol. The molecule has 1 aromatic rings. The van der Waals surface area contributed by atoms with Crippen molar-refractivity contribution >= 4 is 33.4 Å². The van der Waals surface area contributed by atoms with Crippen LogP contribution in [0.15, 0.2) is 17.0 Å². The van der Waals surface area contributed by atoms with Gasteiger partial charge in [-0.05, 0) is 38.1 Å². The van der Waals surface area contributed by atoms with E-state index in [1.54, 1.807) is 0 Å². The summed E-state index contributed by atoms with van der Waals surface area (Å²) in [6.45, 7) is 3.57. The van der Waals surface area contributed by atoms with E-state index in [0.29, 0.717) is 45.6 Å². The van der Waals surface area contributed by atoms with Gasteiger partial charge in [-0.2, -0.15) is 4.72 Å². The molecule has 3 N–H and O–H groups in total. The van der Waals surface area contributed by atoms with Crippen LogP contribution in [0.4, 0.5) is 10.1 Å². The standard InChI is InChI=1S/C19H26FN5O5S/c1-12-14(25-5-3-4-16(25)26)10-13(20)11-15(12)31(29,30)22-17(18(21)27)19(28)24-8-6-23(2)7-9-24/h10-11,17,22H,3-9H2,1-2H3,(H2,21,27)/t17-/m0/s1. The number of anilines is 1. The fourth-order valence-corrected chi connectivity index (χ4v) is 5.19. The van der Waals surface area contributed by atoms with Gasteiger partial charge in [-0.25, -0.2) is 12.8 Å². The number of hydrogen-bond donors (Lipinski definition) is 2. The van der Waals surface area contributed by atoms with Gasteiger partial charge < -0.3 is 20.4 Å². The van der Waals surface area contributed by atoms with Gasteiger partial charge in [0.2, 0.25) is 21.8 Å². The topological polar surface area (TPSA) is 133 Å². The summed E-state index contributed by atoms with van der Waals surface area (Å²) >= 11 is 0. The number of carbonyl (C=O) groups excluding carboxylic acids is 3. The molecule has 170 valence electrons. The Hall–Kier alpha value is -2.57. The van der Waals surface area contributed by atoms with Crippen LogP contribution in [0.3, 0.4) is 0 Å². The van der Waals surface area contributed by atoms with E-state index >= 15 is 0 Å². The zero-order chi connectivity index (χ0) is 22.9. The molecular formula is C19H26FN5O5S. The van der Waals surface area contributed by atoms with Crippen LogP contribution in [0.1, 0.15) is 18.4 Å². The largest absolute Gasteiger partial charge is 0.368 e. The van der Waals surface area contributed by atoms with E-state index in [-0.39, 0.29) is 17.2 Å². The zero-order valence-electron chi connectivity index (χ0n) is 17.4. The molecule has 1 atom stereocenters. The summed E-state index contributed by atoms with van der Waals surface area (Å²) in [6, 6.07) is 0.0615. The van der Waals surface area contributed by atoms with E-state index in [1.807, 2.05) is 16.7 Å². The Kier molecular flexibility index (Phi) is 6.62. The lowest BCUT2D eigenvalue weighted by Crippen LogP contribution is -2.58. The number of amides is 3. The van der Waals surface area contributed by atoms with Gasteiger partial charge in [0, 0.05) is 39.1 Å². The van der Waals surface area contributed by atoms with E-state index in [0.717, 1.165) is 12.1 Å². The molecule has 2 heterocycles. The maximum atomic E-state index is 14.3. The number of nitrogens with two attached hydrogens (primary N) is 1. The van der Waals surface area contributed by atoms with Gasteiger partial charge in [0.15, 0.2) is 6.04 Å². The smallest absolute Gasteiger partial charge is 0.250 e. The fraction of sp³-hybridized carbons (Fsp3) is 0.526. The van der Waals surface area contributed by atoms with Crippen LogP contribution in [0.2, 0.25) is 0 Å². The third-order valence-corrected chi connectivity index (χ3v) is 7.12. The molecule has 0 aromatic heterocycles. The van der Waals surface area contributed by atoms with Gasteiger partial charge in [-0.3, -0.25) is 14.4 Å². The molecule has 2 aliphatic heterocycles. The minimum Gasteiger partial charge on any atom is -0.368 e. The molecule has 2 fully saturated rings. The van der Waals surface area contributed by atoms with Crippen molar-refractivity contribution in [2.24, 2.45) is 5.73 Å². The van der Waals surface area contributed by atoms with Crippen molar-refractivity contribution in [1.82, 2.24) is 14.5 Å². The first-order valence-corrected chi connectivity index (χ1v) is 11.4. The zero-order valence-corrected chi connectivity index (χ0v) is 18.2. The first-order chi connectivity index (χ1) is 14.5. The highest BCUT2D eigenvalue weighted by molar-refractivity contribution is 7.89. The number of hydrogen-bond acceptors (Lipinski definition) is 6. The quantitative estimate of drug-likeness (QED) is 0.538. The van der Waals surface area contributed by atoms with E-state index in [9.17, 15) is 27.2 Å². The first-order valence-electron chi connectivity index (χ1n) is 9.91. The third-order valence-electron chi connectivity index (χ3n) is 5.57. The van der Waals surface area contributed by atoms with Crippen LogP contribution in [-0.2, 0) is 24.4 Å². The highest BCUT2D eigenvalue weighted by Crippen LogP contribution is 2.31. The molecule has 2 saturated heterocycles. The average molecular weight is 456 g/mol. The molecule has 2 aliphatic rings. The van der Waals surface area contributed by atoms with Gasteiger partial charge in [-0.1, -0.05) is 0 Å². The molecular weight excluding hydrogens is 429 g/mol. The maximum Gasteiger partial charge on any atom is 0.250 e. The predicted octanol–water partition coefficient (Wildman–Crippen LogP) is -0.833. The van der Waals surface area contributed by atoms with Crippen molar-refractivity contribution in [1.29, 1.82) is 0 Å². The molecule has 31 heavy (non-hydrogen) atoms. The van der Waals surface area contributed by atoms with E-state index in [1.165, 1.54) is 16.7 Å². The normalized spacial score (nSPS) is 19.0. The lowest BCUT2D eigenvalue weighted by Gasteiger charge is -2.34. The van der Waals surface area contributed by atoms with Crippen molar-refractivity contribution < 1.29 is 27.2 Å². The van der Waals surface area contributed by atoms with Crippen LogP contribution in [0, 0.1) is 12.7 Å². The number of nitrogens with one attached hydrogen (secondary N) is 1. The van der Waals surface area contributed by atoms with Crippen LogP contribution in [-0.4, -0.2) is 81.8 Å².